The summed E-state index contributed by atoms with van der Waals surface area (Å²) in [6.45, 7) is 2.93. The zero-order valence-corrected chi connectivity index (χ0v) is 12.9. The normalized spacial score (nSPS) is 16.4. The Morgan fingerprint density at radius 1 is 1.14 bits per heavy atom. The molecule has 5 heteroatoms. The lowest BCUT2D eigenvalue weighted by Crippen LogP contribution is -2.13. The number of hydrogen-bond acceptors (Lipinski definition) is 4. The lowest BCUT2D eigenvalue weighted by molar-refractivity contribution is 0.426. The van der Waals surface area contributed by atoms with E-state index in [0.717, 1.165) is 34.9 Å². The van der Waals surface area contributed by atoms with Gasteiger partial charge >= 0.3 is 0 Å². The van der Waals surface area contributed by atoms with E-state index >= 15 is 0 Å². The van der Waals surface area contributed by atoms with Crippen LogP contribution in [0.25, 0.3) is 16.6 Å². The first-order chi connectivity index (χ1) is 10.9. The Bertz CT molecular complexity index is 801. The lowest BCUT2D eigenvalue weighted by Gasteiger charge is -2.20. The van der Waals surface area contributed by atoms with Gasteiger partial charge in [0.25, 0.3) is 0 Å². The summed E-state index contributed by atoms with van der Waals surface area (Å²) in [6.07, 6.45) is 6.33. The second-order valence-corrected chi connectivity index (χ2v) is 6.04. The first-order valence-electron chi connectivity index (χ1n) is 8.26. The molecular formula is C17H21N5. The number of nitrogens with one attached hydrogen (secondary N) is 1. The van der Waals surface area contributed by atoms with E-state index in [1.165, 1.54) is 32.1 Å². The second-order valence-electron chi connectivity index (χ2n) is 6.04. The van der Waals surface area contributed by atoms with Crippen molar-refractivity contribution in [3.05, 3.63) is 30.1 Å². The van der Waals surface area contributed by atoms with Gasteiger partial charge in [-0.2, -0.15) is 0 Å². The van der Waals surface area contributed by atoms with Gasteiger partial charge in [0.2, 0.25) is 5.95 Å². The summed E-state index contributed by atoms with van der Waals surface area (Å²) in [4.78, 5) is 4.79. The molecule has 0 aliphatic heterocycles. The van der Waals surface area contributed by atoms with E-state index in [4.69, 9.17) is 4.98 Å². The van der Waals surface area contributed by atoms with E-state index < -0.39 is 0 Å². The molecule has 0 radical (unpaired) electrons. The summed E-state index contributed by atoms with van der Waals surface area (Å²) in [5.74, 6) is 2.44. The van der Waals surface area contributed by atoms with Gasteiger partial charge in [0.05, 0.1) is 5.52 Å². The van der Waals surface area contributed by atoms with E-state index in [1.54, 1.807) is 0 Å². The summed E-state index contributed by atoms with van der Waals surface area (Å²) in [7, 11) is 0. The molecule has 22 heavy (non-hydrogen) atoms. The standard InChI is InChI=1S/C17H21N5/c1-2-18-17-19-14-11-7-6-10-13(14)16-21-20-15(22(16)17)12-8-4-3-5-9-12/h6-7,10-12H,2-5,8-9H2,1H3,(H,18,19). The molecule has 4 rings (SSSR count). The molecule has 1 aliphatic rings. The lowest BCUT2D eigenvalue weighted by atomic mass is 9.89. The Morgan fingerprint density at radius 2 is 1.95 bits per heavy atom. The first kappa shape index (κ1) is 13.5. The van der Waals surface area contributed by atoms with Gasteiger partial charge < -0.3 is 5.32 Å². The molecule has 2 aromatic heterocycles. The molecule has 0 amide bonds. The Labute approximate surface area is 129 Å². The third-order valence-electron chi connectivity index (χ3n) is 4.58. The predicted molar refractivity (Wildman–Crippen MR) is 88.3 cm³/mol. The van der Waals surface area contributed by atoms with Gasteiger partial charge in [-0.1, -0.05) is 31.4 Å². The van der Waals surface area contributed by atoms with E-state index in [0.29, 0.717) is 5.92 Å². The van der Waals surface area contributed by atoms with Crippen molar-refractivity contribution in [1.82, 2.24) is 19.6 Å². The number of rotatable bonds is 3. The number of benzene rings is 1. The van der Waals surface area contributed by atoms with Crippen molar-refractivity contribution in [3.63, 3.8) is 0 Å². The third-order valence-corrected chi connectivity index (χ3v) is 4.58. The fourth-order valence-electron chi connectivity index (χ4n) is 3.51. The van der Waals surface area contributed by atoms with Crippen LogP contribution in [-0.2, 0) is 0 Å². The Morgan fingerprint density at radius 3 is 2.77 bits per heavy atom. The minimum atomic E-state index is 0.504. The molecule has 0 atom stereocenters. The van der Waals surface area contributed by atoms with Crippen molar-refractivity contribution in [1.29, 1.82) is 0 Å². The molecule has 1 aromatic carbocycles. The molecule has 0 unspecified atom stereocenters. The number of hydrogen-bond donors (Lipinski definition) is 1. The van der Waals surface area contributed by atoms with Crippen molar-refractivity contribution >= 4 is 22.5 Å². The highest BCUT2D eigenvalue weighted by molar-refractivity contribution is 5.92. The first-order valence-corrected chi connectivity index (χ1v) is 8.26. The monoisotopic (exact) mass is 295 g/mol. The van der Waals surface area contributed by atoms with Gasteiger partial charge in [-0.15, -0.1) is 10.2 Å². The highest BCUT2D eigenvalue weighted by Gasteiger charge is 2.23. The van der Waals surface area contributed by atoms with Crippen LogP contribution in [0, 0.1) is 0 Å². The van der Waals surface area contributed by atoms with Crippen molar-refractivity contribution in [2.24, 2.45) is 0 Å². The van der Waals surface area contributed by atoms with Crippen LogP contribution in [0.3, 0.4) is 0 Å². The molecular weight excluding hydrogens is 274 g/mol. The van der Waals surface area contributed by atoms with Crippen LogP contribution in [0.2, 0.25) is 0 Å². The Balaban J connectivity index is 1.96. The number of para-hydroxylation sites is 1. The van der Waals surface area contributed by atoms with Crippen molar-refractivity contribution in [2.75, 3.05) is 11.9 Å². The van der Waals surface area contributed by atoms with Gasteiger partial charge in [0, 0.05) is 17.8 Å². The number of fused-ring (bicyclic) bond motifs is 3. The van der Waals surface area contributed by atoms with Gasteiger partial charge in [-0.05, 0) is 31.9 Å². The van der Waals surface area contributed by atoms with E-state index in [2.05, 4.69) is 32.9 Å². The van der Waals surface area contributed by atoms with Gasteiger partial charge in [-0.25, -0.2) is 9.38 Å². The molecule has 1 aliphatic carbocycles. The van der Waals surface area contributed by atoms with E-state index in [9.17, 15) is 0 Å². The van der Waals surface area contributed by atoms with Gasteiger partial charge in [0.1, 0.15) is 5.82 Å². The maximum atomic E-state index is 4.79. The van der Waals surface area contributed by atoms with Crippen LogP contribution >= 0.6 is 0 Å². The zero-order chi connectivity index (χ0) is 14.9. The number of nitrogens with zero attached hydrogens (tertiary/aromatic N) is 4. The molecule has 1 N–H and O–H groups in total. The van der Waals surface area contributed by atoms with Crippen molar-refractivity contribution < 1.29 is 0 Å². The average Bonchev–Trinajstić information content (AvgIpc) is 3.02. The van der Waals surface area contributed by atoms with E-state index in [-0.39, 0.29) is 0 Å². The SMILES string of the molecule is CCNc1nc2ccccc2c2nnc(C3CCCCC3)n12. The number of anilines is 1. The summed E-state index contributed by atoms with van der Waals surface area (Å²) in [5.41, 5.74) is 1.88. The largest absolute Gasteiger partial charge is 0.356 e. The fourth-order valence-corrected chi connectivity index (χ4v) is 3.51. The molecule has 1 fully saturated rings. The smallest absolute Gasteiger partial charge is 0.210 e. The van der Waals surface area contributed by atoms with E-state index in [1.807, 2.05) is 18.2 Å². The van der Waals surface area contributed by atoms with Crippen LogP contribution < -0.4 is 5.32 Å². The van der Waals surface area contributed by atoms with Gasteiger partial charge in [-0.3, -0.25) is 0 Å². The second kappa shape index (κ2) is 5.55. The molecule has 2 heterocycles. The third kappa shape index (κ3) is 2.12. The quantitative estimate of drug-likeness (QED) is 0.799. The predicted octanol–water partition coefficient (Wildman–Crippen LogP) is 3.76. The minimum absolute atomic E-state index is 0.504. The van der Waals surface area contributed by atoms with Crippen molar-refractivity contribution in [2.45, 2.75) is 44.9 Å². The fraction of sp³-hybridized carbons (Fsp3) is 0.471. The number of aromatic nitrogens is 4. The maximum absolute atomic E-state index is 4.79. The molecule has 3 aromatic rings. The highest BCUT2D eigenvalue weighted by Crippen LogP contribution is 2.33. The maximum Gasteiger partial charge on any atom is 0.210 e. The van der Waals surface area contributed by atoms with Crippen LogP contribution in [0.4, 0.5) is 5.95 Å². The highest BCUT2D eigenvalue weighted by atomic mass is 15.3. The molecule has 0 saturated heterocycles. The summed E-state index contributed by atoms with van der Waals surface area (Å²) in [6, 6.07) is 8.16. The molecule has 1 saturated carbocycles. The molecule has 5 nitrogen and oxygen atoms in total. The molecule has 114 valence electrons. The Hall–Kier alpha value is -2.17. The summed E-state index contributed by atoms with van der Waals surface area (Å²) >= 11 is 0. The van der Waals surface area contributed by atoms with Crippen molar-refractivity contribution in [3.8, 4) is 0 Å². The Kier molecular flexibility index (Phi) is 3.41. The van der Waals surface area contributed by atoms with Crippen LogP contribution in [0.5, 0.6) is 0 Å². The van der Waals surface area contributed by atoms with Crippen LogP contribution in [0.1, 0.15) is 50.8 Å². The molecule has 0 spiro atoms. The van der Waals surface area contributed by atoms with Gasteiger partial charge in [0.15, 0.2) is 5.65 Å². The van der Waals surface area contributed by atoms with Crippen LogP contribution in [0.15, 0.2) is 24.3 Å². The minimum Gasteiger partial charge on any atom is -0.356 e. The van der Waals surface area contributed by atoms with Crippen LogP contribution in [-0.4, -0.2) is 26.1 Å². The zero-order valence-electron chi connectivity index (χ0n) is 12.9. The topological polar surface area (TPSA) is 55.1 Å². The molecule has 0 bridgehead atoms. The summed E-state index contributed by atoms with van der Waals surface area (Å²) < 4.78 is 2.14. The summed E-state index contributed by atoms with van der Waals surface area (Å²) in [5, 5.41) is 13.5. The average molecular weight is 295 g/mol.